The molecule has 1 aliphatic carbocycles. The zero-order valence-electron chi connectivity index (χ0n) is 8.59. The van der Waals surface area contributed by atoms with Gasteiger partial charge in [-0.25, -0.2) is 0 Å². The van der Waals surface area contributed by atoms with E-state index in [1.807, 2.05) is 0 Å². The molecular weight excluding hydrogens is 146 g/mol. The number of nitrogens with zero attached hydrogens (tertiary/aromatic N) is 1. The van der Waals surface area contributed by atoms with Crippen molar-refractivity contribution in [1.29, 1.82) is 0 Å². The summed E-state index contributed by atoms with van der Waals surface area (Å²) in [5.74, 6) is 1.91. The standard InChI is InChI=1S/C11H21N/c1-8(2)9(3)12-6-4-5-10-7-11(10)12/h8-11H,4-7H2,1-3H3. The minimum Gasteiger partial charge on any atom is -0.297 e. The quantitative estimate of drug-likeness (QED) is 0.611. The molecule has 1 aliphatic heterocycles. The van der Waals surface area contributed by atoms with Crippen LogP contribution in [-0.2, 0) is 0 Å². The van der Waals surface area contributed by atoms with E-state index in [1.54, 1.807) is 0 Å². The summed E-state index contributed by atoms with van der Waals surface area (Å²) in [6.45, 7) is 8.44. The van der Waals surface area contributed by atoms with Crippen molar-refractivity contribution >= 4 is 0 Å². The van der Waals surface area contributed by atoms with Gasteiger partial charge in [0.15, 0.2) is 0 Å². The van der Waals surface area contributed by atoms with E-state index in [9.17, 15) is 0 Å². The first-order valence-electron chi connectivity index (χ1n) is 5.46. The fourth-order valence-corrected chi connectivity index (χ4v) is 2.54. The minimum atomic E-state index is 0.806. The van der Waals surface area contributed by atoms with Gasteiger partial charge in [-0.1, -0.05) is 13.8 Å². The van der Waals surface area contributed by atoms with E-state index in [2.05, 4.69) is 25.7 Å². The number of likely N-dealkylation sites (tertiary alicyclic amines) is 1. The Kier molecular flexibility index (Phi) is 2.16. The van der Waals surface area contributed by atoms with Crippen molar-refractivity contribution in [2.75, 3.05) is 6.54 Å². The van der Waals surface area contributed by atoms with Crippen molar-refractivity contribution in [2.24, 2.45) is 11.8 Å². The van der Waals surface area contributed by atoms with Crippen molar-refractivity contribution < 1.29 is 0 Å². The third-order valence-corrected chi connectivity index (χ3v) is 3.79. The second-order valence-corrected chi connectivity index (χ2v) is 4.93. The highest BCUT2D eigenvalue weighted by Crippen LogP contribution is 2.44. The average Bonchev–Trinajstić information content (AvgIpc) is 2.80. The molecular formula is C11H21N. The molecule has 70 valence electrons. The molecule has 1 heterocycles. The van der Waals surface area contributed by atoms with Gasteiger partial charge in [0.2, 0.25) is 0 Å². The summed E-state index contributed by atoms with van der Waals surface area (Å²) >= 11 is 0. The Morgan fingerprint density at radius 2 is 2.00 bits per heavy atom. The lowest BCUT2D eigenvalue weighted by Crippen LogP contribution is -2.41. The van der Waals surface area contributed by atoms with E-state index in [0.717, 1.165) is 23.9 Å². The van der Waals surface area contributed by atoms with Crippen LogP contribution in [0.15, 0.2) is 0 Å². The molecule has 12 heavy (non-hydrogen) atoms. The summed E-state index contributed by atoms with van der Waals surface area (Å²) in [4.78, 5) is 2.75. The maximum Gasteiger partial charge on any atom is 0.0130 e. The van der Waals surface area contributed by atoms with E-state index >= 15 is 0 Å². The second kappa shape index (κ2) is 3.02. The first kappa shape index (κ1) is 8.55. The molecule has 2 aliphatic rings. The van der Waals surface area contributed by atoms with Crippen molar-refractivity contribution in [3.63, 3.8) is 0 Å². The molecule has 0 radical (unpaired) electrons. The van der Waals surface area contributed by atoms with E-state index in [4.69, 9.17) is 0 Å². The lowest BCUT2D eigenvalue weighted by Gasteiger charge is -2.34. The molecule has 0 aromatic rings. The molecule has 0 amide bonds. The Balaban J connectivity index is 1.94. The van der Waals surface area contributed by atoms with E-state index in [1.165, 1.54) is 25.8 Å². The normalized spacial score (nSPS) is 38.0. The molecule has 0 bridgehead atoms. The summed E-state index contributed by atoms with van der Waals surface area (Å²) in [5.41, 5.74) is 0. The van der Waals surface area contributed by atoms with Gasteiger partial charge >= 0.3 is 0 Å². The Morgan fingerprint density at radius 1 is 1.25 bits per heavy atom. The SMILES string of the molecule is CC(C)C(C)N1CCCC2CC21. The summed E-state index contributed by atoms with van der Waals surface area (Å²) in [6, 6.07) is 1.79. The summed E-state index contributed by atoms with van der Waals surface area (Å²) in [5, 5.41) is 0. The number of fused-ring (bicyclic) bond motifs is 1. The van der Waals surface area contributed by atoms with Crippen molar-refractivity contribution in [3.8, 4) is 0 Å². The maximum atomic E-state index is 2.75. The molecule has 0 aromatic heterocycles. The molecule has 0 aromatic carbocycles. The van der Waals surface area contributed by atoms with Crippen LogP contribution < -0.4 is 0 Å². The summed E-state index contributed by atoms with van der Waals surface area (Å²) < 4.78 is 0. The lowest BCUT2D eigenvalue weighted by atomic mass is 10.0. The Labute approximate surface area is 76.1 Å². The number of hydrogen-bond acceptors (Lipinski definition) is 1. The largest absolute Gasteiger partial charge is 0.297 e. The van der Waals surface area contributed by atoms with Gasteiger partial charge in [-0.2, -0.15) is 0 Å². The van der Waals surface area contributed by atoms with Gasteiger partial charge in [0.1, 0.15) is 0 Å². The predicted molar refractivity (Wildman–Crippen MR) is 52.1 cm³/mol. The molecule has 2 fully saturated rings. The zero-order valence-corrected chi connectivity index (χ0v) is 8.59. The van der Waals surface area contributed by atoms with Crippen LogP contribution in [0, 0.1) is 11.8 Å². The van der Waals surface area contributed by atoms with Crippen molar-refractivity contribution in [1.82, 2.24) is 4.90 Å². The van der Waals surface area contributed by atoms with E-state index < -0.39 is 0 Å². The molecule has 0 N–H and O–H groups in total. The van der Waals surface area contributed by atoms with E-state index in [0.29, 0.717) is 0 Å². The van der Waals surface area contributed by atoms with Crippen molar-refractivity contribution in [2.45, 2.75) is 52.1 Å². The monoisotopic (exact) mass is 167 g/mol. The minimum absolute atomic E-state index is 0.806. The van der Waals surface area contributed by atoms with Gasteiger partial charge in [-0.05, 0) is 44.6 Å². The lowest BCUT2D eigenvalue weighted by molar-refractivity contribution is 0.129. The van der Waals surface area contributed by atoms with Crippen LogP contribution in [0.1, 0.15) is 40.0 Å². The Morgan fingerprint density at radius 3 is 2.67 bits per heavy atom. The predicted octanol–water partition coefficient (Wildman–Crippen LogP) is 2.52. The summed E-state index contributed by atoms with van der Waals surface area (Å²) in [7, 11) is 0. The van der Waals surface area contributed by atoms with Gasteiger partial charge in [-0.3, -0.25) is 4.90 Å². The van der Waals surface area contributed by atoms with Gasteiger partial charge in [-0.15, -0.1) is 0 Å². The van der Waals surface area contributed by atoms with Crippen molar-refractivity contribution in [3.05, 3.63) is 0 Å². The third-order valence-electron chi connectivity index (χ3n) is 3.79. The van der Waals surface area contributed by atoms with Gasteiger partial charge in [0.05, 0.1) is 0 Å². The third kappa shape index (κ3) is 1.39. The zero-order chi connectivity index (χ0) is 8.72. The molecule has 1 saturated carbocycles. The molecule has 3 atom stereocenters. The molecule has 1 nitrogen and oxygen atoms in total. The number of rotatable bonds is 2. The van der Waals surface area contributed by atoms with Gasteiger partial charge in [0.25, 0.3) is 0 Å². The van der Waals surface area contributed by atoms with Crippen LogP contribution in [-0.4, -0.2) is 23.5 Å². The highest BCUT2D eigenvalue weighted by molar-refractivity contribution is 4.99. The molecule has 1 heteroatoms. The van der Waals surface area contributed by atoms with Crippen LogP contribution in [0.3, 0.4) is 0 Å². The van der Waals surface area contributed by atoms with Crippen LogP contribution in [0.2, 0.25) is 0 Å². The van der Waals surface area contributed by atoms with Gasteiger partial charge < -0.3 is 0 Å². The highest BCUT2D eigenvalue weighted by Gasteiger charge is 2.45. The van der Waals surface area contributed by atoms with Crippen LogP contribution in [0.25, 0.3) is 0 Å². The first-order chi connectivity index (χ1) is 5.70. The topological polar surface area (TPSA) is 3.24 Å². The highest BCUT2D eigenvalue weighted by atomic mass is 15.2. The first-order valence-corrected chi connectivity index (χ1v) is 5.46. The Hall–Kier alpha value is -0.0400. The summed E-state index contributed by atoms with van der Waals surface area (Å²) in [6.07, 6.45) is 4.45. The second-order valence-electron chi connectivity index (χ2n) is 4.93. The Bertz CT molecular complexity index is 164. The average molecular weight is 167 g/mol. The van der Waals surface area contributed by atoms with Crippen LogP contribution in [0.5, 0.6) is 0 Å². The molecule has 0 spiro atoms. The van der Waals surface area contributed by atoms with Gasteiger partial charge in [0, 0.05) is 12.1 Å². The fourth-order valence-electron chi connectivity index (χ4n) is 2.54. The number of hydrogen-bond donors (Lipinski definition) is 0. The molecule has 2 rings (SSSR count). The van der Waals surface area contributed by atoms with E-state index in [-0.39, 0.29) is 0 Å². The smallest absolute Gasteiger partial charge is 0.0130 e. The maximum absolute atomic E-state index is 2.75. The molecule has 3 unspecified atom stereocenters. The van der Waals surface area contributed by atoms with Crippen LogP contribution in [0.4, 0.5) is 0 Å². The fraction of sp³-hybridized carbons (Fsp3) is 1.00. The molecule has 1 saturated heterocycles. The van der Waals surface area contributed by atoms with Crippen LogP contribution >= 0.6 is 0 Å². The number of piperidine rings is 1.